The molecule has 1 aromatic heterocycles. The molecule has 7 heteroatoms. The van der Waals surface area contributed by atoms with Crippen molar-refractivity contribution >= 4 is 23.5 Å². The Bertz CT molecular complexity index is 810. The van der Waals surface area contributed by atoms with Crippen LogP contribution in [-0.2, 0) is 11.2 Å². The minimum atomic E-state index is -1.15. The summed E-state index contributed by atoms with van der Waals surface area (Å²) in [4.78, 5) is 36.6. The second-order valence-electron chi connectivity index (χ2n) is 5.62. The summed E-state index contributed by atoms with van der Waals surface area (Å²) >= 11 is 0. The Morgan fingerprint density at radius 3 is 2.48 bits per heavy atom. The number of aryl methyl sites for hydroxylation is 2. The Kier molecular flexibility index (Phi) is 5.59. The molecule has 0 bridgehead atoms. The SMILES string of the molecule is CCc1oc(C(=O)N(CCC(N)=O)c2cccc(C)c2)cc1C(=O)O. The molecule has 2 rings (SSSR count). The number of nitrogens with two attached hydrogens (primary N) is 1. The third-order valence-electron chi connectivity index (χ3n) is 3.71. The molecule has 3 N–H and O–H groups in total. The molecule has 2 aromatic rings. The van der Waals surface area contributed by atoms with Gasteiger partial charge in [-0.15, -0.1) is 0 Å². The van der Waals surface area contributed by atoms with E-state index in [0.717, 1.165) is 5.56 Å². The molecule has 0 saturated heterocycles. The van der Waals surface area contributed by atoms with Crippen LogP contribution in [0.25, 0.3) is 0 Å². The van der Waals surface area contributed by atoms with Gasteiger partial charge in [0, 0.05) is 31.1 Å². The number of carboxylic acids is 1. The Morgan fingerprint density at radius 1 is 1.24 bits per heavy atom. The number of nitrogens with zero attached hydrogens (tertiary/aromatic N) is 1. The van der Waals surface area contributed by atoms with E-state index in [4.69, 9.17) is 10.2 Å². The maximum absolute atomic E-state index is 12.9. The average Bonchev–Trinajstić information content (AvgIpc) is 2.99. The normalized spacial score (nSPS) is 10.5. The lowest BCUT2D eigenvalue weighted by molar-refractivity contribution is -0.117. The number of carbonyl (C=O) groups is 3. The summed E-state index contributed by atoms with van der Waals surface area (Å²) in [6, 6.07) is 8.41. The summed E-state index contributed by atoms with van der Waals surface area (Å²) in [7, 11) is 0. The number of amides is 2. The van der Waals surface area contributed by atoms with Crippen LogP contribution in [0.15, 0.2) is 34.7 Å². The van der Waals surface area contributed by atoms with Crippen molar-refractivity contribution in [2.45, 2.75) is 26.7 Å². The molecule has 0 spiro atoms. The van der Waals surface area contributed by atoms with E-state index in [1.54, 1.807) is 25.1 Å². The van der Waals surface area contributed by atoms with Crippen molar-refractivity contribution in [3.8, 4) is 0 Å². The van der Waals surface area contributed by atoms with Crippen molar-refractivity contribution in [2.75, 3.05) is 11.4 Å². The van der Waals surface area contributed by atoms with Gasteiger partial charge >= 0.3 is 5.97 Å². The van der Waals surface area contributed by atoms with Crippen LogP contribution in [-0.4, -0.2) is 29.4 Å². The fourth-order valence-electron chi connectivity index (χ4n) is 2.48. The van der Waals surface area contributed by atoms with Gasteiger partial charge < -0.3 is 20.2 Å². The number of furan rings is 1. The number of carboxylic acid groups (broad SMARTS) is 1. The van der Waals surface area contributed by atoms with Crippen molar-refractivity contribution in [3.05, 3.63) is 53.0 Å². The van der Waals surface area contributed by atoms with Gasteiger partial charge in [0.05, 0.1) is 0 Å². The van der Waals surface area contributed by atoms with E-state index in [1.807, 2.05) is 13.0 Å². The van der Waals surface area contributed by atoms with Gasteiger partial charge in [-0.05, 0) is 24.6 Å². The fraction of sp³-hybridized carbons (Fsp3) is 0.278. The zero-order valence-electron chi connectivity index (χ0n) is 14.1. The second-order valence-corrected chi connectivity index (χ2v) is 5.62. The average molecular weight is 344 g/mol. The van der Waals surface area contributed by atoms with Crippen LogP contribution < -0.4 is 10.6 Å². The Balaban J connectivity index is 2.41. The molecule has 1 heterocycles. The highest BCUT2D eigenvalue weighted by molar-refractivity contribution is 6.06. The number of benzene rings is 1. The molecule has 0 saturated carbocycles. The van der Waals surface area contributed by atoms with Gasteiger partial charge in [-0.1, -0.05) is 19.1 Å². The molecule has 0 aliphatic rings. The van der Waals surface area contributed by atoms with E-state index in [-0.39, 0.29) is 30.0 Å². The number of primary amides is 1. The zero-order chi connectivity index (χ0) is 18.6. The van der Waals surface area contributed by atoms with Gasteiger partial charge in [-0.25, -0.2) is 4.79 Å². The third-order valence-corrected chi connectivity index (χ3v) is 3.71. The van der Waals surface area contributed by atoms with E-state index < -0.39 is 17.8 Å². The molecular weight excluding hydrogens is 324 g/mol. The third kappa shape index (κ3) is 4.26. The van der Waals surface area contributed by atoms with Crippen molar-refractivity contribution in [2.24, 2.45) is 5.73 Å². The van der Waals surface area contributed by atoms with E-state index in [2.05, 4.69) is 0 Å². The Labute approximate surface area is 145 Å². The zero-order valence-corrected chi connectivity index (χ0v) is 14.1. The molecule has 132 valence electrons. The first-order valence-electron chi connectivity index (χ1n) is 7.86. The van der Waals surface area contributed by atoms with Crippen LogP contribution in [0, 0.1) is 6.92 Å². The first-order chi connectivity index (χ1) is 11.8. The summed E-state index contributed by atoms with van der Waals surface area (Å²) in [5.74, 6) is -2.06. The fourth-order valence-corrected chi connectivity index (χ4v) is 2.48. The van der Waals surface area contributed by atoms with E-state index in [0.29, 0.717) is 12.1 Å². The van der Waals surface area contributed by atoms with Crippen molar-refractivity contribution in [1.29, 1.82) is 0 Å². The first kappa shape index (κ1) is 18.3. The van der Waals surface area contributed by atoms with Gasteiger partial charge in [0.25, 0.3) is 5.91 Å². The molecule has 0 aliphatic carbocycles. The van der Waals surface area contributed by atoms with Gasteiger partial charge in [-0.2, -0.15) is 0 Å². The van der Waals surface area contributed by atoms with Gasteiger partial charge in [-0.3, -0.25) is 9.59 Å². The molecule has 25 heavy (non-hydrogen) atoms. The lowest BCUT2D eigenvalue weighted by atomic mass is 10.1. The monoisotopic (exact) mass is 344 g/mol. The number of anilines is 1. The van der Waals surface area contributed by atoms with E-state index >= 15 is 0 Å². The predicted octanol–water partition coefficient (Wildman–Crippen LogP) is 2.37. The van der Waals surface area contributed by atoms with Crippen LogP contribution in [0.3, 0.4) is 0 Å². The maximum Gasteiger partial charge on any atom is 0.339 e. The van der Waals surface area contributed by atoms with Crippen LogP contribution >= 0.6 is 0 Å². The predicted molar refractivity (Wildman–Crippen MR) is 91.7 cm³/mol. The van der Waals surface area contributed by atoms with Crippen molar-refractivity contribution in [3.63, 3.8) is 0 Å². The number of carbonyl (C=O) groups excluding carboxylic acids is 2. The number of aromatic carboxylic acids is 1. The molecule has 0 radical (unpaired) electrons. The number of rotatable bonds is 7. The summed E-state index contributed by atoms with van der Waals surface area (Å²) in [5.41, 5.74) is 6.68. The summed E-state index contributed by atoms with van der Waals surface area (Å²) < 4.78 is 5.44. The van der Waals surface area contributed by atoms with Crippen molar-refractivity contribution < 1.29 is 23.9 Å². The largest absolute Gasteiger partial charge is 0.478 e. The molecule has 2 amide bonds. The minimum Gasteiger partial charge on any atom is -0.478 e. The molecule has 0 aliphatic heterocycles. The topological polar surface area (TPSA) is 114 Å². The smallest absolute Gasteiger partial charge is 0.339 e. The van der Waals surface area contributed by atoms with Crippen LogP contribution in [0.5, 0.6) is 0 Å². The summed E-state index contributed by atoms with van der Waals surface area (Å²) in [6.07, 6.45) is 0.327. The highest BCUT2D eigenvalue weighted by Gasteiger charge is 2.25. The van der Waals surface area contributed by atoms with Gasteiger partial charge in [0.1, 0.15) is 11.3 Å². The van der Waals surface area contributed by atoms with Crippen LogP contribution in [0.1, 0.15) is 45.6 Å². The molecule has 7 nitrogen and oxygen atoms in total. The molecule has 0 fully saturated rings. The van der Waals surface area contributed by atoms with E-state index in [1.165, 1.54) is 11.0 Å². The van der Waals surface area contributed by atoms with Crippen molar-refractivity contribution in [1.82, 2.24) is 0 Å². The Hall–Kier alpha value is -3.09. The molecule has 0 unspecified atom stereocenters. The van der Waals surface area contributed by atoms with E-state index in [9.17, 15) is 19.5 Å². The highest BCUT2D eigenvalue weighted by Crippen LogP contribution is 2.23. The number of hydrogen-bond donors (Lipinski definition) is 2. The molecule has 0 atom stereocenters. The standard InChI is InChI=1S/C18H20N2O5/c1-3-14-13(18(23)24)10-15(25-14)17(22)20(8-7-16(19)21)12-6-4-5-11(2)9-12/h4-6,9-10H,3,7-8H2,1-2H3,(H2,19,21)(H,23,24). The van der Waals surface area contributed by atoms with Crippen LogP contribution in [0.2, 0.25) is 0 Å². The maximum atomic E-state index is 12.9. The molecule has 1 aromatic carbocycles. The lowest BCUT2D eigenvalue weighted by Gasteiger charge is -2.21. The van der Waals surface area contributed by atoms with Gasteiger partial charge in [0.2, 0.25) is 5.91 Å². The summed E-state index contributed by atoms with van der Waals surface area (Å²) in [5, 5.41) is 9.21. The summed E-state index contributed by atoms with van der Waals surface area (Å²) in [6.45, 7) is 3.69. The first-order valence-corrected chi connectivity index (χ1v) is 7.86. The lowest BCUT2D eigenvalue weighted by Crippen LogP contribution is -2.34. The van der Waals surface area contributed by atoms with Crippen LogP contribution in [0.4, 0.5) is 5.69 Å². The highest BCUT2D eigenvalue weighted by atomic mass is 16.4. The molecular formula is C18H20N2O5. The second kappa shape index (κ2) is 7.65. The quantitative estimate of drug-likeness (QED) is 0.800. The minimum absolute atomic E-state index is 0.0210. The number of hydrogen-bond acceptors (Lipinski definition) is 4. The van der Waals surface area contributed by atoms with Gasteiger partial charge in [0.15, 0.2) is 5.76 Å². The Morgan fingerprint density at radius 2 is 1.96 bits per heavy atom.